The summed E-state index contributed by atoms with van der Waals surface area (Å²) >= 11 is 0. The predicted molar refractivity (Wildman–Crippen MR) is 142 cm³/mol. The van der Waals surface area contributed by atoms with Crippen molar-refractivity contribution in [2.75, 3.05) is 30.4 Å². The van der Waals surface area contributed by atoms with Gasteiger partial charge >= 0.3 is 5.97 Å². The van der Waals surface area contributed by atoms with Gasteiger partial charge in [0.25, 0.3) is 0 Å². The first-order valence-corrected chi connectivity index (χ1v) is 12.8. The van der Waals surface area contributed by atoms with Crippen LogP contribution in [0.25, 0.3) is 0 Å². The van der Waals surface area contributed by atoms with Crippen molar-refractivity contribution < 1.29 is 9.90 Å². The molecule has 1 atom stereocenters. The van der Waals surface area contributed by atoms with Crippen LogP contribution in [0.5, 0.6) is 0 Å². The number of carboxylic acids is 1. The Balaban J connectivity index is 1.37. The molecule has 2 N–H and O–H groups in total. The number of nitrogens with one attached hydrogen (secondary N) is 1. The predicted octanol–water partition coefficient (Wildman–Crippen LogP) is 4.84. The van der Waals surface area contributed by atoms with Gasteiger partial charge in [-0.25, -0.2) is 4.98 Å². The monoisotopic (exact) mass is 494 g/mol. The average Bonchev–Trinajstić information content (AvgIpc) is 3.68. The fourth-order valence-electron chi connectivity index (χ4n) is 5.97. The maximum Gasteiger partial charge on any atom is 0.304 e. The van der Waals surface area contributed by atoms with E-state index in [-0.39, 0.29) is 6.42 Å². The highest BCUT2D eigenvalue weighted by atomic mass is 16.4. The van der Waals surface area contributed by atoms with Gasteiger partial charge in [-0.2, -0.15) is 10.2 Å². The second kappa shape index (κ2) is 8.86. The fraction of sp³-hybridized carbons (Fsp3) is 0.379. The van der Waals surface area contributed by atoms with E-state index in [2.05, 4.69) is 40.5 Å². The third-order valence-electron chi connectivity index (χ3n) is 7.87. The molecule has 2 aliphatic heterocycles. The van der Waals surface area contributed by atoms with Gasteiger partial charge in [-0.05, 0) is 72.7 Å². The largest absolute Gasteiger partial charge is 0.481 e. The Morgan fingerprint density at radius 1 is 1.30 bits per heavy atom. The Bertz CT molecular complexity index is 1440. The Morgan fingerprint density at radius 2 is 2.11 bits per heavy atom. The quantitative estimate of drug-likeness (QED) is 0.501. The van der Waals surface area contributed by atoms with E-state index >= 15 is 0 Å². The minimum atomic E-state index is -0.853. The lowest BCUT2D eigenvalue weighted by atomic mass is 9.81. The van der Waals surface area contributed by atoms with E-state index in [4.69, 9.17) is 4.98 Å². The van der Waals surface area contributed by atoms with Gasteiger partial charge in [-0.1, -0.05) is 25.1 Å². The molecule has 6 rings (SSSR count). The standard InChI is InChI=1S/C29H30N6O2/c1-29(13-26(36)37)17-35(25-6-4-3-5-24(25)29)27-20(14-30)15-31-28(33-27)32-21-11-19-16-34(2)10-9-22(19)23(12-21)18-7-8-18/h3-6,11-12,15,18H,7-10,13,16-17H2,1-2H3,(H,36,37)(H,31,32,33). The van der Waals surface area contributed by atoms with E-state index in [1.807, 2.05) is 36.1 Å². The maximum absolute atomic E-state index is 11.7. The van der Waals surface area contributed by atoms with Crippen molar-refractivity contribution >= 4 is 29.1 Å². The van der Waals surface area contributed by atoms with E-state index in [0.29, 0.717) is 29.8 Å². The molecule has 1 saturated carbocycles. The normalized spacial score (nSPS) is 20.7. The molecule has 2 aromatic carbocycles. The molecule has 1 aliphatic carbocycles. The number of carbonyl (C=O) groups is 1. The summed E-state index contributed by atoms with van der Waals surface area (Å²) < 4.78 is 0. The molecule has 1 fully saturated rings. The first-order valence-electron chi connectivity index (χ1n) is 12.8. The van der Waals surface area contributed by atoms with Crippen molar-refractivity contribution in [3.05, 3.63) is 70.4 Å². The van der Waals surface area contributed by atoms with Crippen molar-refractivity contribution in [3.63, 3.8) is 0 Å². The van der Waals surface area contributed by atoms with E-state index in [9.17, 15) is 15.2 Å². The van der Waals surface area contributed by atoms with E-state index in [0.717, 1.165) is 36.4 Å². The van der Waals surface area contributed by atoms with Gasteiger partial charge in [0.15, 0.2) is 5.82 Å². The number of nitrogens with zero attached hydrogens (tertiary/aromatic N) is 5. The number of para-hydroxylation sites is 1. The Morgan fingerprint density at radius 3 is 2.86 bits per heavy atom. The van der Waals surface area contributed by atoms with Crippen LogP contribution in [0.2, 0.25) is 0 Å². The summed E-state index contributed by atoms with van der Waals surface area (Å²) in [6, 6.07) is 14.4. The zero-order valence-corrected chi connectivity index (χ0v) is 21.2. The summed E-state index contributed by atoms with van der Waals surface area (Å²) in [6.45, 7) is 4.38. The van der Waals surface area contributed by atoms with Gasteiger partial charge in [0.2, 0.25) is 5.95 Å². The molecule has 1 unspecified atom stereocenters. The molecule has 8 heteroatoms. The fourth-order valence-corrected chi connectivity index (χ4v) is 5.97. The van der Waals surface area contributed by atoms with Crippen LogP contribution < -0.4 is 10.2 Å². The first-order chi connectivity index (χ1) is 17.8. The Hall–Kier alpha value is -3.96. The summed E-state index contributed by atoms with van der Waals surface area (Å²) in [5.74, 6) is 0.699. The van der Waals surface area contributed by atoms with Crippen LogP contribution in [0, 0.1) is 11.3 Å². The second-order valence-electron chi connectivity index (χ2n) is 10.9. The molecule has 8 nitrogen and oxygen atoms in total. The lowest BCUT2D eigenvalue weighted by Gasteiger charge is -2.28. The van der Waals surface area contributed by atoms with E-state index in [1.165, 1.54) is 29.5 Å². The molecule has 0 spiro atoms. The van der Waals surface area contributed by atoms with Crippen LogP contribution in [-0.2, 0) is 23.2 Å². The summed E-state index contributed by atoms with van der Waals surface area (Å²) in [6.07, 6.45) is 5.11. The maximum atomic E-state index is 11.7. The number of rotatable bonds is 6. The molecule has 1 aromatic heterocycles. The van der Waals surface area contributed by atoms with Crippen LogP contribution in [0.4, 0.5) is 23.1 Å². The third-order valence-corrected chi connectivity index (χ3v) is 7.87. The van der Waals surface area contributed by atoms with E-state index < -0.39 is 11.4 Å². The number of benzene rings is 2. The van der Waals surface area contributed by atoms with Crippen molar-refractivity contribution in [3.8, 4) is 6.07 Å². The number of aromatic nitrogens is 2. The molecule has 37 heavy (non-hydrogen) atoms. The smallest absolute Gasteiger partial charge is 0.304 e. The number of carboxylic acid groups (broad SMARTS) is 1. The molecule has 0 amide bonds. The number of anilines is 4. The zero-order chi connectivity index (χ0) is 25.7. The lowest BCUT2D eigenvalue weighted by Crippen LogP contribution is -2.31. The molecule has 3 heterocycles. The Kier molecular flexibility index (Phi) is 5.61. The number of hydrogen-bond acceptors (Lipinski definition) is 7. The summed E-state index contributed by atoms with van der Waals surface area (Å²) in [7, 11) is 2.15. The number of hydrogen-bond donors (Lipinski definition) is 2. The minimum absolute atomic E-state index is 0.00783. The highest BCUT2D eigenvalue weighted by Gasteiger charge is 2.42. The molecule has 0 radical (unpaired) electrons. The van der Waals surface area contributed by atoms with Gasteiger partial charge in [0.1, 0.15) is 11.6 Å². The SMILES string of the molecule is CN1CCc2c(cc(Nc3ncc(C#N)c(N4CC(C)(CC(=O)O)c5ccccc54)n3)cc2C2CC2)C1. The topological polar surface area (TPSA) is 105 Å². The average molecular weight is 495 g/mol. The molecule has 0 bridgehead atoms. The zero-order valence-electron chi connectivity index (χ0n) is 21.2. The minimum Gasteiger partial charge on any atom is -0.481 e. The number of likely N-dealkylation sites (N-methyl/N-ethyl adjacent to an activating group) is 1. The van der Waals surface area contributed by atoms with Crippen LogP contribution in [0.1, 0.15) is 59.9 Å². The molecule has 188 valence electrons. The number of aliphatic carboxylic acids is 1. The van der Waals surface area contributed by atoms with Gasteiger partial charge in [0.05, 0.1) is 12.6 Å². The number of fused-ring (bicyclic) bond motifs is 2. The van der Waals surface area contributed by atoms with Crippen LogP contribution in [-0.4, -0.2) is 46.1 Å². The first kappa shape index (κ1) is 23.4. The summed E-state index contributed by atoms with van der Waals surface area (Å²) in [5, 5.41) is 22.9. The molecule has 3 aromatic rings. The van der Waals surface area contributed by atoms with Crippen LogP contribution in [0.15, 0.2) is 42.6 Å². The van der Waals surface area contributed by atoms with Gasteiger partial charge in [-0.15, -0.1) is 0 Å². The van der Waals surface area contributed by atoms with Crippen molar-refractivity contribution in [1.82, 2.24) is 14.9 Å². The van der Waals surface area contributed by atoms with Crippen LogP contribution >= 0.6 is 0 Å². The third kappa shape index (κ3) is 4.30. The van der Waals surface area contributed by atoms with Gasteiger partial charge < -0.3 is 20.2 Å². The highest BCUT2D eigenvalue weighted by molar-refractivity contribution is 5.78. The molecule has 0 saturated heterocycles. The van der Waals surface area contributed by atoms with Crippen LogP contribution in [0.3, 0.4) is 0 Å². The summed E-state index contributed by atoms with van der Waals surface area (Å²) in [5.41, 5.74) is 6.83. The molecular weight excluding hydrogens is 464 g/mol. The van der Waals surface area contributed by atoms with E-state index in [1.54, 1.807) is 6.20 Å². The van der Waals surface area contributed by atoms with Gasteiger partial charge in [-0.3, -0.25) is 4.79 Å². The summed E-state index contributed by atoms with van der Waals surface area (Å²) in [4.78, 5) is 25.3. The second-order valence-corrected chi connectivity index (χ2v) is 10.9. The highest BCUT2D eigenvalue weighted by Crippen LogP contribution is 2.47. The van der Waals surface area contributed by atoms with Crippen molar-refractivity contribution in [2.45, 2.75) is 50.5 Å². The van der Waals surface area contributed by atoms with Crippen molar-refractivity contribution in [1.29, 1.82) is 5.26 Å². The number of nitriles is 1. The van der Waals surface area contributed by atoms with Gasteiger partial charge in [0, 0.05) is 36.4 Å². The lowest BCUT2D eigenvalue weighted by molar-refractivity contribution is -0.138. The molecular formula is C29H30N6O2. The van der Waals surface area contributed by atoms with Crippen molar-refractivity contribution in [2.24, 2.45) is 0 Å². The molecule has 3 aliphatic rings. The Labute approximate surface area is 216 Å².